The second kappa shape index (κ2) is 9.49. The SMILES string of the molecule is Cc1ccc(C(=O)OCC(=O)NCCSCc2cccs2)c(C)c1. The van der Waals surface area contributed by atoms with Crippen LogP contribution in [0.25, 0.3) is 0 Å². The standard InChI is InChI=1S/C18H21NO3S2/c1-13-5-6-16(14(2)10-13)18(21)22-11-17(20)19-7-9-23-12-15-4-3-8-24-15/h3-6,8,10H,7,9,11-12H2,1-2H3,(H,19,20). The largest absolute Gasteiger partial charge is 0.452 e. The maximum absolute atomic E-state index is 12.0. The quantitative estimate of drug-likeness (QED) is 0.575. The Bertz CT molecular complexity index is 684. The van der Waals surface area contributed by atoms with Crippen LogP contribution >= 0.6 is 23.1 Å². The smallest absolute Gasteiger partial charge is 0.338 e. The predicted molar refractivity (Wildman–Crippen MR) is 99.7 cm³/mol. The maximum Gasteiger partial charge on any atom is 0.338 e. The van der Waals surface area contributed by atoms with Crippen molar-refractivity contribution in [1.82, 2.24) is 5.32 Å². The molecule has 4 nitrogen and oxygen atoms in total. The summed E-state index contributed by atoms with van der Waals surface area (Å²) in [5.41, 5.74) is 2.44. The zero-order valence-corrected chi connectivity index (χ0v) is 15.5. The third kappa shape index (κ3) is 6.02. The number of amides is 1. The Morgan fingerprint density at radius 1 is 1.25 bits per heavy atom. The molecule has 0 bridgehead atoms. The molecular formula is C18H21NO3S2. The average Bonchev–Trinajstić information content (AvgIpc) is 3.05. The Morgan fingerprint density at radius 2 is 2.08 bits per heavy atom. The third-order valence-corrected chi connectivity index (χ3v) is 5.40. The number of rotatable bonds is 8. The first-order valence-corrected chi connectivity index (χ1v) is 9.71. The molecular weight excluding hydrogens is 342 g/mol. The summed E-state index contributed by atoms with van der Waals surface area (Å²) < 4.78 is 5.07. The average molecular weight is 364 g/mol. The highest BCUT2D eigenvalue weighted by molar-refractivity contribution is 7.98. The van der Waals surface area contributed by atoms with E-state index < -0.39 is 5.97 Å². The molecule has 0 aliphatic carbocycles. The minimum Gasteiger partial charge on any atom is -0.452 e. The van der Waals surface area contributed by atoms with Gasteiger partial charge in [0.1, 0.15) is 0 Å². The van der Waals surface area contributed by atoms with Gasteiger partial charge in [-0.15, -0.1) is 11.3 Å². The number of carbonyl (C=O) groups is 2. The number of nitrogens with one attached hydrogen (secondary N) is 1. The van der Waals surface area contributed by atoms with Crippen LogP contribution in [-0.2, 0) is 15.3 Å². The van der Waals surface area contributed by atoms with Crippen molar-refractivity contribution in [3.63, 3.8) is 0 Å². The predicted octanol–water partition coefficient (Wildman–Crippen LogP) is 3.57. The summed E-state index contributed by atoms with van der Waals surface area (Å²) in [6.07, 6.45) is 0. The van der Waals surface area contributed by atoms with E-state index in [-0.39, 0.29) is 12.5 Å². The monoisotopic (exact) mass is 363 g/mol. The van der Waals surface area contributed by atoms with Crippen LogP contribution in [0.5, 0.6) is 0 Å². The van der Waals surface area contributed by atoms with Gasteiger partial charge in [0, 0.05) is 22.9 Å². The summed E-state index contributed by atoms with van der Waals surface area (Å²) in [7, 11) is 0. The van der Waals surface area contributed by atoms with Crippen LogP contribution < -0.4 is 5.32 Å². The highest BCUT2D eigenvalue weighted by Crippen LogP contribution is 2.16. The second-order valence-electron chi connectivity index (χ2n) is 5.38. The Kier molecular flexibility index (Phi) is 7.34. The van der Waals surface area contributed by atoms with Crippen molar-refractivity contribution < 1.29 is 14.3 Å². The number of thioether (sulfide) groups is 1. The molecule has 0 aliphatic rings. The van der Waals surface area contributed by atoms with E-state index in [0.29, 0.717) is 12.1 Å². The van der Waals surface area contributed by atoms with Gasteiger partial charge in [0.05, 0.1) is 5.56 Å². The van der Waals surface area contributed by atoms with Crippen LogP contribution in [-0.4, -0.2) is 30.8 Å². The maximum atomic E-state index is 12.0. The summed E-state index contributed by atoms with van der Waals surface area (Å²) >= 11 is 3.50. The van der Waals surface area contributed by atoms with E-state index in [4.69, 9.17) is 4.74 Å². The summed E-state index contributed by atoms with van der Waals surface area (Å²) in [6, 6.07) is 9.64. The molecule has 0 fully saturated rings. The summed E-state index contributed by atoms with van der Waals surface area (Å²) in [6.45, 7) is 4.14. The van der Waals surface area contributed by atoms with Crippen molar-refractivity contribution in [2.75, 3.05) is 18.9 Å². The molecule has 0 saturated heterocycles. The van der Waals surface area contributed by atoms with Crippen LogP contribution in [0.3, 0.4) is 0 Å². The van der Waals surface area contributed by atoms with Gasteiger partial charge in [0.25, 0.3) is 5.91 Å². The number of carbonyl (C=O) groups excluding carboxylic acids is 2. The van der Waals surface area contributed by atoms with Gasteiger partial charge in [-0.1, -0.05) is 23.8 Å². The Morgan fingerprint density at radius 3 is 2.79 bits per heavy atom. The molecule has 1 aromatic heterocycles. The van der Waals surface area contributed by atoms with E-state index in [0.717, 1.165) is 22.6 Å². The fourth-order valence-electron chi connectivity index (χ4n) is 2.13. The minimum atomic E-state index is -0.463. The van der Waals surface area contributed by atoms with Crippen molar-refractivity contribution in [3.8, 4) is 0 Å². The molecule has 1 heterocycles. The van der Waals surface area contributed by atoms with Gasteiger partial charge in [-0.3, -0.25) is 4.79 Å². The molecule has 1 aromatic carbocycles. The molecule has 0 saturated carbocycles. The lowest BCUT2D eigenvalue weighted by molar-refractivity contribution is -0.124. The number of hydrogen-bond acceptors (Lipinski definition) is 5. The topological polar surface area (TPSA) is 55.4 Å². The Balaban J connectivity index is 1.62. The van der Waals surface area contributed by atoms with E-state index in [1.165, 1.54) is 4.88 Å². The molecule has 0 radical (unpaired) electrons. The lowest BCUT2D eigenvalue weighted by Gasteiger charge is -2.08. The van der Waals surface area contributed by atoms with Gasteiger partial charge in [-0.05, 0) is 36.9 Å². The van der Waals surface area contributed by atoms with Crippen molar-refractivity contribution >= 4 is 35.0 Å². The van der Waals surface area contributed by atoms with E-state index in [9.17, 15) is 9.59 Å². The van der Waals surface area contributed by atoms with Crippen molar-refractivity contribution in [2.24, 2.45) is 0 Å². The minimum absolute atomic E-state index is 0.248. The van der Waals surface area contributed by atoms with Gasteiger partial charge in [-0.25, -0.2) is 4.79 Å². The lowest BCUT2D eigenvalue weighted by Crippen LogP contribution is -2.30. The van der Waals surface area contributed by atoms with Gasteiger partial charge >= 0.3 is 5.97 Å². The van der Waals surface area contributed by atoms with Gasteiger partial charge in [0.15, 0.2) is 6.61 Å². The van der Waals surface area contributed by atoms with Crippen LogP contribution in [0.4, 0.5) is 0 Å². The van der Waals surface area contributed by atoms with Crippen LogP contribution in [0.15, 0.2) is 35.7 Å². The summed E-state index contributed by atoms with van der Waals surface area (Å²) in [5, 5.41) is 4.82. The van der Waals surface area contributed by atoms with E-state index in [1.807, 2.05) is 32.0 Å². The van der Waals surface area contributed by atoms with Crippen molar-refractivity contribution in [1.29, 1.82) is 0 Å². The number of ether oxygens (including phenoxy) is 1. The van der Waals surface area contributed by atoms with E-state index in [2.05, 4.69) is 16.8 Å². The molecule has 0 aliphatic heterocycles. The molecule has 0 spiro atoms. The highest BCUT2D eigenvalue weighted by atomic mass is 32.2. The van der Waals surface area contributed by atoms with Gasteiger partial charge in [0.2, 0.25) is 0 Å². The van der Waals surface area contributed by atoms with E-state index >= 15 is 0 Å². The first-order valence-electron chi connectivity index (χ1n) is 7.67. The number of aryl methyl sites for hydroxylation is 2. The first-order chi connectivity index (χ1) is 11.6. The molecule has 2 aromatic rings. The number of hydrogen-bond donors (Lipinski definition) is 1. The van der Waals surface area contributed by atoms with Crippen LogP contribution in [0.1, 0.15) is 26.4 Å². The van der Waals surface area contributed by atoms with Gasteiger partial charge < -0.3 is 10.1 Å². The van der Waals surface area contributed by atoms with Crippen molar-refractivity contribution in [2.45, 2.75) is 19.6 Å². The van der Waals surface area contributed by atoms with Gasteiger partial charge in [-0.2, -0.15) is 11.8 Å². The molecule has 128 valence electrons. The fourth-order valence-corrected chi connectivity index (χ4v) is 3.83. The molecule has 6 heteroatoms. The Labute approximate surface area is 150 Å². The first kappa shape index (κ1) is 18.5. The molecule has 0 atom stereocenters. The zero-order chi connectivity index (χ0) is 17.4. The second-order valence-corrected chi connectivity index (χ2v) is 7.51. The lowest BCUT2D eigenvalue weighted by atomic mass is 10.1. The molecule has 1 N–H and O–H groups in total. The number of esters is 1. The van der Waals surface area contributed by atoms with E-state index in [1.54, 1.807) is 29.2 Å². The third-order valence-electron chi connectivity index (χ3n) is 3.33. The fraction of sp³-hybridized carbons (Fsp3) is 0.333. The highest BCUT2D eigenvalue weighted by Gasteiger charge is 2.12. The number of benzene rings is 1. The van der Waals surface area contributed by atoms with Crippen LogP contribution in [0.2, 0.25) is 0 Å². The molecule has 1 amide bonds. The normalized spacial score (nSPS) is 10.4. The number of thiophene rings is 1. The van der Waals surface area contributed by atoms with Crippen molar-refractivity contribution in [3.05, 3.63) is 57.3 Å². The summed E-state index contributed by atoms with van der Waals surface area (Å²) in [5.74, 6) is 1.05. The Hall–Kier alpha value is -1.79. The molecule has 2 rings (SSSR count). The molecule has 0 unspecified atom stereocenters. The zero-order valence-electron chi connectivity index (χ0n) is 13.8. The molecule has 24 heavy (non-hydrogen) atoms. The van der Waals surface area contributed by atoms with Crippen LogP contribution in [0, 0.1) is 13.8 Å². The summed E-state index contributed by atoms with van der Waals surface area (Å²) in [4.78, 5) is 25.0.